The summed E-state index contributed by atoms with van der Waals surface area (Å²) in [7, 11) is -3.62. The fourth-order valence-electron chi connectivity index (χ4n) is 4.19. The molecule has 1 amide bonds. The van der Waals surface area contributed by atoms with Crippen molar-refractivity contribution in [2.45, 2.75) is 37.5 Å². The van der Waals surface area contributed by atoms with Gasteiger partial charge in [0.2, 0.25) is 10.0 Å². The van der Waals surface area contributed by atoms with Crippen LogP contribution in [-0.2, 0) is 21.3 Å². The predicted octanol–water partition coefficient (Wildman–Crippen LogP) is 3.16. The van der Waals surface area contributed by atoms with Crippen molar-refractivity contribution in [3.63, 3.8) is 0 Å². The molecular formula is C22H28ClN3O4S2. The molecule has 3 heterocycles. The highest BCUT2D eigenvalue weighted by molar-refractivity contribution is 7.89. The maximum Gasteiger partial charge on any atom is 0.253 e. The Kier molecular flexibility index (Phi) is 7.24. The van der Waals surface area contributed by atoms with Crippen LogP contribution in [0.3, 0.4) is 0 Å². The molecule has 2 aliphatic rings. The number of thiophene rings is 1. The Balaban J connectivity index is 1.36. The van der Waals surface area contributed by atoms with Gasteiger partial charge in [-0.05, 0) is 50.2 Å². The Bertz CT molecular complexity index is 1040. The largest absolute Gasteiger partial charge is 0.373 e. The van der Waals surface area contributed by atoms with Gasteiger partial charge in [-0.3, -0.25) is 9.69 Å². The van der Waals surface area contributed by atoms with Gasteiger partial charge in [0.05, 0.1) is 21.4 Å². The molecule has 2 fully saturated rings. The van der Waals surface area contributed by atoms with Crippen molar-refractivity contribution < 1.29 is 17.9 Å². The monoisotopic (exact) mass is 497 g/mol. The van der Waals surface area contributed by atoms with Gasteiger partial charge in [-0.2, -0.15) is 4.31 Å². The van der Waals surface area contributed by atoms with Crippen LogP contribution in [0.15, 0.2) is 41.3 Å². The Labute approximate surface area is 198 Å². The van der Waals surface area contributed by atoms with E-state index in [4.69, 9.17) is 16.3 Å². The summed E-state index contributed by atoms with van der Waals surface area (Å²) < 4.78 is 33.9. The highest BCUT2D eigenvalue weighted by atomic mass is 35.5. The zero-order valence-corrected chi connectivity index (χ0v) is 20.6. The number of benzene rings is 1. The number of carbonyl (C=O) groups is 1. The number of ether oxygens (including phenoxy) is 1. The minimum Gasteiger partial charge on any atom is -0.373 e. The van der Waals surface area contributed by atoms with Crippen LogP contribution in [0.4, 0.5) is 0 Å². The molecule has 0 aliphatic carbocycles. The van der Waals surface area contributed by atoms with Gasteiger partial charge in [-0.25, -0.2) is 8.42 Å². The van der Waals surface area contributed by atoms with Crippen molar-refractivity contribution in [3.8, 4) is 0 Å². The van der Waals surface area contributed by atoms with Crippen molar-refractivity contribution in [1.82, 2.24) is 14.1 Å². The molecule has 174 valence electrons. The molecule has 1 aromatic carbocycles. The average molecular weight is 498 g/mol. The predicted molar refractivity (Wildman–Crippen MR) is 126 cm³/mol. The number of carbonyl (C=O) groups excluding carboxylic acids is 1. The number of hydrogen-bond donors (Lipinski definition) is 0. The molecule has 0 N–H and O–H groups in total. The first-order valence-corrected chi connectivity index (χ1v) is 13.4. The molecule has 10 heteroatoms. The lowest BCUT2D eigenvalue weighted by molar-refractivity contribution is -0.0440. The van der Waals surface area contributed by atoms with Crippen molar-refractivity contribution in [3.05, 3.63) is 51.2 Å². The summed E-state index contributed by atoms with van der Waals surface area (Å²) in [6, 6.07) is 10.2. The number of halogens is 1. The zero-order valence-electron chi connectivity index (χ0n) is 18.2. The summed E-state index contributed by atoms with van der Waals surface area (Å²) in [5.74, 6) is -0.0682. The molecule has 7 nitrogen and oxygen atoms in total. The smallest absolute Gasteiger partial charge is 0.253 e. The molecule has 0 saturated carbocycles. The Morgan fingerprint density at radius 1 is 1.03 bits per heavy atom. The zero-order chi connectivity index (χ0) is 22.9. The van der Waals surface area contributed by atoms with Crippen LogP contribution in [-0.4, -0.2) is 79.9 Å². The fourth-order valence-corrected chi connectivity index (χ4v) is 6.91. The third kappa shape index (κ3) is 5.35. The van der Waals surface area contributed by atoms with E-state index < -0.39 is 10.0 Å². The molecule has 4 rings (SSSR count). The van der Waals surface area contributed by atoms with Crippen LogP contribution in [0.2, 0.25) is 4.34 Å². The molecule has 32 heavy (non-hydrogen) atoms. The van der Waals surface area contributed by atoms with E-state index in [2.05, 4.69) is 4.90 Å². The van der Waals surface area contributed by atoms with E-state index in [1.807, 2.05) is 30.9 Å². The molecule has 1 aromatic heterocycles. The van der Waals surface area contributed by atoms with Crippen molar-refractivity contribution in [1.29, 1.82) is 0 Å². The van der Waals surface area contributed by atoms with Crippen LogP contribution in [0.1, 0.15) is 29.1 Å². The summed E-state index contributed by atoms with van der Waals surface area (Å²) in [5, 5.41) is 0. The van der Waals surface area contributed by atoms with E-state index in [9.17, 15) is 13.2 Å². The first-order chi connectivity index (χ1) is 15.2. The Morgan fingerprint density at radius 3 is 2.22 bits per heavy atom. The van der Waals surface area contributed by atoms with E-state index in [1.54, 1.807) is 23.5 Å². The summed E-state index contributed by atoms with van der Waals surface area (Å²) in [4.78, 5) is 18.5. The molecular weight excluding hydrogens is 470 g/mol. The fraction of sp³-hybridized carbons (Fsp3) is 0.500. The summed E-state index contributed by atoms with van der Waals surface area (Å²) in [6.45, 7) is 8.10. The van der Waals surface area contributed by atoms with Crippen molar-refractivity contribution in [2.75, 3.05) is 39.3 Å². The quantitative estimate of drug-likeness (QED) is 0.634. The lowest BCUT2D eigenvalue weighted by Crippen LogP contribution is -2.48. The van der Waals surface area contributed by atoms with Crippen LogP contribution in [0, 0.1) is 0 Å². The molecule has 2 unspecified atom stereocenters. The first kappa shape index (κ1) is 23.7. The van der Waals surface area contributed by atoms with E-state index in [0.717, 1.165) is 24.0 Å². The van der Waals surface area contributed by atoms with Crippen LogP contribution in [0.5, 0.6) is 0 Å². The van der Waals surface area contributed by atoms with E-state index in [-0.39, 0.29) is 23.0 Å². The molecule has 0 spiro atoms. The minimum absolute atomic E-state index is 0.0682. The maximum atomic E-state index is 13.0. The minimum atomic E-state index is -3.62. The van der Waals surface area contributed by atoms with Gasteiger partial charge in [0.1, 0.15) is 0 Å². The average Bonchev–Trinajstić information content (AvgIpc) is 3.17. The lowest BCUT2D eigenvalue weighted by atomic mass is 10.2. The van der Waals surface area contributed by atoms with Gasteiger partial charge < -0.3 is 9.64 Å². The normalized spacial score (nSPS) is 23.4. The third-order valence-electron chi connectivity index (χ3n) is 5.79. The summed E-state index contributed by atoms with van der Waals surface area (Å²) in [5.41, 5.74) is 0.506. The van der Waals surface area contributed by atoms with Gasteiger partial charge in [0, 0.05) is 56.3 Å². The van der Waals surface area contributed by atoms with E-state index in [1.165, 1.54) is 21.3 Å². The molecule has 2 atom stereocenters. The standard InChI is InChI=1S/C22H28ClN3O4S2/c1-16-13-26(14-17(2)30-16)32(28,29)20-6-3-18(4-7-20)22(27)25-11-9-24(10-12-25)15-19-5-8-21(23)31-19/h3-8,16-17H,9-15H2,1-2H3. The first-order valence-electron chi connectivity index (χ1n) is 10.7. The third-order valence-corrected chi connectivity index (χ3v) is 8.85. The van der Waals surface area contributed by atoms with E-state index in [0.29, 0.717) is 31.7 Å². The number of sulfonamides is 1. The van der Waals surface area contributed by atoms with Gasteiger partial charge >= 0.3 is 0 Å². The van der Waals surface area contributed by atoms with Crippen molar-refractivity contribution in [2.24, 2.45) is 0 Å². The Morgan fingerprint density at radius 2 is 1.66 bits per heavy atom. The summed E-state index contributed by atoms with van der Waals surface area (Å²) in [6.07, 6.45) is -0.297. The molecule has 2 aliphatic heterocycles. The van der Waals surface area contributed by atoms with Gasteiger partial charge in [0.15, 0.2) is 0 Å². The molecule has 2 aromatic rings. The number of hydrogen-bond acceptors (Lipinski definition) is 6. The van der Waals surface area contributed by atoms with Gasteiger partial charge in [-0.1, -0.05) is 11.6 Å². The van der Waals surface area contributed by atoms with Crippen LogP contribution < -0.4 is 0 Å². The SMILES string of the molecule is CC1CN(S(=O)(=O)c2ccc(C(=O)N3CCN(Cc4ccc(Cl)s4)CC3)cc2)CC(C)O1. The number of nitrogens with zero attached hydrogens (tertiary/aromatic N) is 3. The number of piperazine rings is 1. The van der Waals surface area contributed by atoms with Gasteiger partial charge in [-0.15, -0.1) is 11.3 Å². The number of amides is 1. The van der Waals surface area contributed by atoms with Gasteiger partial charge in [0.25, 0.3) is 5.91 Å². The second kappa shape index (κ2) is 9.79. The number of morpholine rings is 1. The second-order valence-electron chi connectivity index (χ2n) is 8.38. The maximum absolute atomic E-state index is 13.0. The topological polar surface area (TPSA) is 70.2 Å². The molecule has 0 bridgehead atoms. The molecule has 2 saturated heterocycles. The molecule has 0 radical (unpaired) electrons. The lowest BCUT2D eigenvalue weighted by Gasteiger charge is -2.35. The van der Waals surface area contributed by atoms with Crippen molar-refractivity contribution >= 4 is 38.9 Å². The Hall–Kier alpha value is -1.49. The number of rotatable bonds is 5. The van der Waals surface area contributed by atoms with Crippen LogP contribution >= 0.6 is 22.9 Å². The second-order valence-corrected chi connectivity index (χ2v) is 12.1. The highest BCUT2D eigenvalue weighted by Gasteiger charge is 2.32. The highest BCUT2D eigenvalue weighted by Crippen LogP contribution is 2.24. The summed E-state index contributed by atoms with van der Waals surface area (Å²) >= 11 is 7.59. The van der Waals surface area contributed by atoms with E-state index >= 15 is 0 Å². The van der Waals surface area contributed by atoms with Crippen LogP contribution in [0.25, 0.3) is 0 Å².